The Morgan fingerprint density at radius 3 is 2.29 bits per heavy atom. The van der Waals surface area contributed by atoms with Crippen molar-refractivity contribution in [2.75, 3.05) is 6.54 Å². The summed E-state index contributed by atoms with van der Waals surface area (Å²) in [5.74, 6) is 0. The minimum Gasteiger partial charge on any atom is -0.313 e. The van der Waals surface area contributed by atoms with E-state index in [0.29, 0.717) is 6.04 Å². The molecule has 0 heterocycles. The molecule has 0 bridgehead atoms. The molecule has 0 aliphatic carbocycles. The molecule has 0 fully saturated rings. The SMILES string of the molecule is CCCNC(Cc1ccc(Cl)cc1)Cc1cccc(Cl)c1. The molecule has 0 saturated heterocycles. The van der Waals surface area contributed by atoms with Gasteiger partial charge in [0, 0.05) is 16.1 Å². The highest BCUT2D eigenvalue weighted by atomic mass is 35.5. The zero-order valence-electron chi connectivity index (χ0n) is 12.3. The van der Waals surface area contributed by atoms with Gasteiger partial charge < -0.3 is 5.32 Å². The van der Waals surface area contributed by atoms with Crippen molar-refractivity contribution in [3.63, 3.8) is 0 Å². The maximum Gasteiger partial charge on any atom is 0.0408 e. The summed E-state index contributed by atoms with van der Waals surface area (Å²) in [6.07, 6.45) is 3.10. The van der Waals surface area contributed by atoms with Crippen LogP contribution in [0.25, 0.3) is 0 Å². The molecule has 2 aromatic rings. The number of halogens is 2. The van der Waals surface area contributed by atoms with Gasteiger partial charge in [-0.15, -0.1) is 0 Å². The van der Waals surface area contributed by atoms with Crippen LogP contribution in [0.5, 0.6) is 0 Å². The van der Waals surface area contributed by atoms with Crippen molar-refractivity contribution in [2.45, 2.75) is 32.2 Å². The van der Waals surface area contributed by atoms with E-state index in [1.807, 2.05) is 30.3 Å². The Kier molecular flexibility index (Phi) is 6.56. The summed E-state index contributed by atoms with van der Waals surface area (Å²) in [5.41, 5.74) is 2.57. The third kappa shape index (κ3) is 5.70. The van der Waals surface area contributed by atoms with E-state index < -0.39 is 0 Å². The van der Waals surface area contributed by atoms with Crippen LogP contribution in [0.1, 0.15) is 24.5 Å². The van der Waals surface area contributed by atoms with E-state index >= 15 is 0 Å². The molecule has 1 unspecified atom stereocenters. The van der Waals surface area contributed by atoms with Gasteiger partial charge >= 0.3 is 0 Å². The Hall–Kier alpha value is -1.02. The Labute approximate surface area is 137 Å². The van der Waals surface area contributed by atoms with E-state index in [2.05, 4.69) is 30.4 Å². The van der Waals surface area contributed by atoms with Crippen LogP contribution in [-0.2, 0) is 12.8 Å². The molecule has 1 nitrogen and oxygen atoms in total. The molecule has 112 valence electrons. The van der Waals surface area contributed by atoms with Crippen molar-refractivity contribution in [1.29, 1.82) is 0 Å². The fraction of sp³-hybridized carbons (Fsp3) is 0.333. The highest BCUT2D eigenvalue weighted by Gasteiger charge is 2.10. The first-order chi connectivity index (χ1) is 10.2. The summed E-state index contributed by atoms with van der Waals surface area (Å²) >= 11 is 12.0. The van der Waals surface area contributed by atoms with Crippen molar-refractivity contribution >= 4 is 23.2 Å². The molecule has 0 aliphatic rings. The smallest absolute Gasteiger partial charge is 0.0408 e. The molecular formula is C18H21Cl2N. The molecular weight excluding hydrogens is 301 g/mol. The predicted molar refractivity (Wildman–Crippen MR) is 92.4 cm³/mol. The monoisotopic (exact) mass is 321 g/mol. The van der Waals surface area contributed by atoms with Crippen LogP contribution in [0.4, 0.5) is 0 Å². The van der Waals surface area contributed by atoms with Crippen LogP contribution >= 0.6 is 23.2 Å². The molecule has 0 aromatic heterocycles. The van der Waals surface area contributed by atoms with E-state index in [9.17, 15) is 0 Å². The Morgan fingerprint density at radius 1 is 0.905 bits per heavy atom. The van der Waals surface area contributed by atoms with Crippen LogP contribution in [0.15, 0.2) is 48.5 Å². The second-order valence-electron chi connectivity index (χ2n) is 5.32. The first-order valence-electron chi connectivity index (χ1n) is 7.39. The molecule has 21 heavy (non-hydrogen) atoms. The molecule has 1 N–H and O–H groups in total. The summed E-state index contributed by atoms with van der Waals surface area (Å²) in [6.45, 7) is 3.21. The van der Waals surface area contributed by atoms with Gasteiger partial charge in [-0.25, -0.2) is 0 Å². The molecule has 0 saturated carbocycles. The number of hydrogen-bond donors (Lipinski definition) is 1. The van der Waals surface area contributed by atoms with Gasteiger partial charge in [0.2, 0.25) is 0 Å². The lowest BCUT2D eigenvalue weighted by Gasteiger charge is -2.19. The maximum absolute atomic E-state index is 6.08. The number of rotatable bonds is 7. The van der Waals surface area contributed by atoms with Crippen molar-refractivity contribution in [2.24, 2.45) is 0 Å². The lowest BCUT2D eigenvalue weighted by Crippen LogP contribution is -2.33. The Morgan fingerprint density at radius 2 is 1.62 bits per heavy atom. The normalized spacial score (nSPS) is 12.3. The average Bonchev–Trinajstić information content (AvgIpc) is 2.47. The standard InChI is InChI=1S/C18H21Cl2N/c1-2-10-21-18(12-14-6-8-16(19)9-7-14)13-15-4-3-5-17(20)11-15/h3-9,11,18,21H,2,10,12-13H2,1H3. The zero-order valence-corrected chi connectivity index (χ0v) is 13.8. The second kappa shape index (κ2) is 8.43. The van der Waals surface area contributed by atoms with Gasteiger partial charge in [0.1, 0.15) is 0 Å². The quantitative estimate of drug-likeness (QED) is 0.743. The zero-order chi connectivity index (χ0) is 15.1. The van der Waals surface area contributed by atoms with E-state index in [4.69, 9.17) is 23.2 Å². The van der Waals surface area contributed by atoms with Crippen molar-refractivity contribution in [3.05, 3.63) is 69.7 Å². The molecule has 1 atom stereocenters. The minimum atomic E-state index is 0.407. The van der Waals surface area contributed by atoms with Gasteiger partial charge in [-0.05, 0) is 61.2 Å². The van der Waals surface area contributed by atoms with E-state index in [1.165, 1.54) is 11.1 Å². The number of nitrogens with one attached hydrogen (secondary N) is 1. The Bertz CT molecular complexity index is 551. The lowest BCUT2D eigenvalue weighted by molar-refractivity contribution is 0.505. The summed E-state index contributed by atoms with van der Waals surface area (Å²) in [4.78, 5) is 0. The molecule has 0 aliphatic heterocycles. The molecule has 2 aromatic carbocycles. The fourth-order valence-corrected chi connectivity index (χ4v) is 2.76. The van der Waals surface area contributed by atoms with Gasteiger partial charge in [-0.3, -0.25) is 0 Å². The van der Waals surface area contributed by atoms with Crippen LogP contribution in [0, 0.1) is 0 Å². The summed E-state index contributed by atoms with van der Waals surface area (Å²) < 4.78 is 0. The average molecular weight is 322 g/mol. The first-order valence-corrected chi connectivity index (χ1v) is 8.15. The molecule has 0 radical (unpaired) electrons. The van der Waals surface area contributed by atoms with Crippen molar-refractivity contribution in [3.8, 4) is 0 Å². The van der Waals surface area contributed by atoms with Crippen LogP contribution < -0.4 is 5.32 Å². The topological polar surface area (TPSA) is 12.0 Å². The lowest BCUT2D eigenvalue weighted by atomic mass is 9.99. The number of hydrogen-bond acceptors (Lipinski definition) is 1. The largest absolute Gasteiger partial charge is 0.313 e. The van der Waals surface area contributed by atoms with Gasteiger partial charge in [0.15, 0.2) is 0 Å². The van der Waals surface area contributed by atoms with Crippen LogP contribution in [0.3, 0.4) is 0 Å². The van der Waals surface area contributed by atoms with E-state index in [0.717, 1.165) is 35.9 Å². The molecule has 0 spiro atoms. The summed E-state index contributed by atoms with van der Waals surface area (Å²) in [5, 5.41) is 5.21. The second-order valence-corrected chi connectivity index (χ2v) is 6.19. The summed E-state index contributed by atoms with van der Waals surface area (Å²) in [7, 11) is 0. The van der Waals surface area contributed by atoms with Crippen LogP contribution in [0.2, 0.25) is 10.0 Å². The van der Waals surface area contributed by atoms with Crippen molar-refractivity contribution < 1.29 is 0 Å². The highest BCUT2D eigenvalue weighted by Crippen LogP contribution is 2.16. The highest BCUT2D eigenvalue weighted by molar-refractivity contribution is 6.30. The molecule has 3 heteroatoms. The van der Waals surface area contributed by atoms with Gasteiger partial charge in [-0.1, -0.05) is 54.4 Å². The third-order valence-electron chi connectivity index (χ3n) is 3.45. The van der Waals surface area contributed by atoms with Gasteiger partial charge in [-0.2, -0.15) is 0 Å². The predicted octanol–water partition coefficient (Wildman–Crippen LogP) is 5.15. The van der Waals surface area contributed by atoms with E-state index in [-0.39, 0.29) is 0 Å². The van der Waals surface area contributed by atoms with Gasteiger partial charge in [0.25, 0.3) is 0 Å². The van der Waals surface area contributed by atoms with Crippen molar-refractivity contribution in [1.82, 2.24) is 5.32 Å². The molecule has 0 amide bonds. The molecule has 2 rings (SSSR count). The van der Waals surface area contributed by atoms with E-state index in [1.54, 1.807) is 0 Å². The Balaban J connectivity index is 2.04. The van der Waals surface area contributed by atoms with Crippen LogP contribution in [-0.4, -0.2) is 12.6 Å². The van der Waals surface area contributed by atoms with Gasteiger partial charge in [0.05, 0.1) is 0 Å². The third-order valence-corrected chi connectivity index (χ3v) is 3.94. The minimum absolute atomic E-state index is 0.407. The number of benzene rings is 2. The first kappa shape index (κ1) is 16.4. The fourth-order valence-electron chi connectivity index (χ4n) is 2.42. The summed E-state index contributed by atoms with van der Waals surface area (Å²) in [6, 6.07) is 16.6. The maximum atomic E-state index is 6.08.